The number of aryl methyl sites for hydroxylation is 1. The number of amides is 2. The number of aromatic nitrogens is 3. The van der Waals surface area contributed by atoms with Gasteiger partial charge in [0.1, 0.15) is 6.04 Å². The molecule has 1 aliphatic heterocycles. The maximum Gasteiger partial charge on any atom is 0.251 e. The zero-order chi connectivity index (χ0) is 18.5. The molecule has 0 bridgehead atoms. The first kappa shape index (κ1) is 18.0. The van der Waals surface area contributed by atoms with Crippen LogP contribution in [0.5, 0.6) is 0 Å². The second kappa shape index (κ2) is 8.07. The predicted octanol–water partition coefficient (Wildman–Crippen LogP) is 1.53. The zero-order valence-electron chi connectivity index (χ0n) is 15.1. The first-order valence-electron chi connectivity index (χ1n) is 8.84. The van der Waals surface area contributed by atoms with Crippen molar-refractivity contribution in [2.24, 2.45) is 0 Å². The largest absolute Gasteiger partial charge is 0.340 e. The van der Waals surface area contributed by atoms with Gasteiger partial charge in [0.25, 0.3) is 5.89 Å². The van der Waals surface area contributed by atoms with Crippen LogP contribution in [0, 0.1) is 6.92 Å². The van der Waals surface area contributed by atoms with Crippen molar-refractivity contribution < 1.29 is 14.1 Å². The summed E-state index contributed by atoms with van der Waals surface area (Å²) in [5.41, 5.74) is 0.869. The van der Waals surface area contributed by atoms with Crippen LogP contribution in [0.25, 0.3) is 0 Å². The lowest BCUT2D eigenvalue weighted by atomic mass is 10.1. The van der Waals surface area contributed by atoms with Gasteiger partial charge >= 0.3 is 0 Å². The third-order valence-electron chi connectivity index (χ3n) is 4.48. The third-order valence-corrected chi connectivity index (χ3v) is 4.48. The van der Waals surface area contributed by atoms with Gasteiger partial charge in [-0.25, -0.2) is 0 Å². The van der Waals surface area contributed by atoms with Gasteiger partial charge in [-0.2, -0.15) is 4.98 Å². The highest BCUT2D eigenvalue weighted by Gasteiger charge is 2.34. The van der Waals surface area contributed by atoms with E-state index in [9.17, 15) is 9.59 Å². The van der Waals surface area contributed by atoms with Crippen LogP contribution in [0.15, 0.2) is 29.0 Å². The van der Waals surface area contributed by atoms with E-state index in [4.69, 9.17) is 4.52 Å². The second-order valence-electron chi connectivity index (χ2n) is 6.37. The van der Waals surface area contributed by atoms with E-state index < -0.39 is 6.04 Å². The van der Waals surface area contributed by atoms with Gasteiger partial charge in [-0.15, -0.1) is 0 Å². The molecule has 0 N–H and O–H groups in total. The van der Waals surface area contributed by atoms with Crippen LogP contribution < -0.4 is 0 Å². The molecule has 2 amide bonds. The lowest BCUT2D eigenvalue weighted by Crippen LogP contribution is -2.40. The first-order chi connectivity index (χ1) is 12.6. The molecule has 138 valence electrons. The Balaban J connectivity index is 1.80. The molecule has 1 saturated heterocycles. The van der Waals surface area contributed by atoms with Gasteiger partial charge in [0.15, 0.2) is 5.82 Å². The Labute approximate surface area is 152 Å². The van der Waals surface area contributed by atoms with Crippen LogP contribution in [-0.2, 0) is 16.0 Å². The Morgan fingerprint density at radius 2 is 2.15 bits per heavy atom. The van der Waals surface area contributed by atoms with Crippen LogP contribution in [0.4, 0.5) is 0 Å². The van der Waals surface area contributed by atoms with Gasteiger partial charge in [-0.05, 0) is 25.0 Å². The second-order valence-corrected chi connectivity index (χ2v) is 6.37. The number of nitrogens with zero attached hydrogens (tertiary/aromatic N) is 5. The highest BCUT2D eigenvalue weighted by Crippen LogP contribution is 2.25. The minimum absolute atomic E-state index is 0.00466. The normalized spacial score (nSPS) is 17.8. The third kappa shape index (κ3) is 4.07. The molecule has 0 radical (unpaired) electrons. The van der Waals surface area contributed by atoms with Crippen molar-refractivity contribution in [2.45, 2.75) is 39.2 Å². The molecule has 0 spiro atoms. The van der Waals surface area contributed by atoms with Crippen LogP contribution in [0.3, 0.4) is 0 Å². The van der Waals surface area contributed by atoms with Gasteiger partial charge in [-0.1, -0.05) is 18.1 Å². The standard InChI is InChI=1S/C18H23N5O3/c1-3-16(24)23-9-5-8-22(12-15(23)18-20-13(2)21-26-18)17(25)10-14-6-4-7-19-11-14/h4,6-7,11,15H,3,5,8-10,12H2,1-2H3. The molecule has 26 heavy (non-hydrogen) atoms. The van der Waals surface area contributed by atoms with E-state index in [2.05, 4.69) is 15.1 Å². The Hall–Kier alpha value is -2.77. The van der Waals surface area contributed by atoms with Crippen LogP contribution in [0.2, 0.25) is 0 Å². The summed E-state index contributed by atoms with van der Waals surface area (Å²) in [4.78, 5) is 37.1. The number of pyridine rings is 1. The summed E-state index contributed by atoms with van der Waals surface area (Å²) in [6, 6.07) is 3.29. The fraction of sp³-hybridized carbons (Fsp3) is 0.500. The molecule has 0 saturated carbocycles. The smallest absolute Gasteiger partial charge is 0.251 e. The van der Waals surface area contributed by atoms with Gasteiger partial charge < -0.3 is 14.3 Å². The highest BCUT2D eigenvalue weighted by atomic mass is 16.5. The average Bonchev–Trinajstić information content (AvgIpc) is 2.95. The molecule has 1 atom stereocenters. The van der Waals surface area contributed by atoms with Gasteiger partial charge in [-0.3, -0.25) is 14.6 Å². The molecule has 8 heteroatoms. The average molecular weight is 357 g/mol. The lowest BCUT2D eigenvalue weighted by molar-refractivity contribution is -0.136. The van der Waals surface area contributed by atoms with E-state index in [0.29, 0.717) is 44.2 Å². The Kier molecular flexibility index (Phi) is 5.60. The van der Waals surface area contributed by atoms with Crippen molar-refractivity contribution in [1.29, 1.82) is 0 Å². The predicted molar refractivity (Wildman–Crippen MR) is 92.9 cm³/mol. The molecule has 2 aromatic heterocycles. The molecule has 1 fully saturated rings. The van der Waals surface area contributed by atoms with E-state index in [-0.39, 0.29) is 18.2 Å². The Morgan fingerprint density at radius 3 is 2.81 bits per heavy atom. The highest BCUT2D eigenvalue weighted by molar-refractivity contribution is 5.79. The molecule has 0 aliphatic carbocycles. The summed E-state index contributed by atoms with van der Waals surface area (Å²) in [5, 5.41) is 3.84. The van der Waals surface area contributed by atoms with Gasteiger partial charge in [0.05, 0.1) is 13.0 Å². The topological polar surface area (TPSA) is 92.4 Å². The van der Waals surface area contributed by atoms with Crippen molar-refractivity contribution in [1.82, 2.24) is 24.9 Å². The molecule has 3 rings (SSSR count). The van der Waals surface area contributed by atoms with E-state index in [0.717, 1.165) is 5.56 Å². The maximum atomic E-state index is 12.8. The molecule has 2 aromatic rings. The van der Waals surface area contributed by atoms with Gasteiger partial charge in [0, 0.05) is 31.9 Å². The maximum absolute atomic E-state index is 12.8. The molecular formula is C18H23N5O3. The van der Waals surface area contributed by atoms with Crippen molar-refractivity contribution in [3.05, 3.63) is 41.8 Å². The Morgan fingerprint density at radius 1 is 1.31 bits per heavy atom. The van der Waals surface area contributed by atoms with E-state index in [1.807, 2.05) is 19.1 Å². The number of hydrogen-bond donors (Lipinski definition) is 0. The number of carbonyl (C=O) groups is 2. The fourth-order valence-corrected chi connectivity index (χ4v) is 3.16. The molecule has 1 unspecified atom stereocenters. The first-order valence-corrected chi connectivity index (χ1v) is 8.84. The number of rotatable bonds is 4. The van der Waals surface area contributed by atoms with E-state index >= 15 is 0 Å². The van der Waals surface area contributed by atoms with Crippen molar-refractivity contribution in [3.63, 3.8) is 0 Å². The summed E-state index contributed by atoms with van der Waals surface area (Å²) >= 11 is 0. The lowest BCUT2D eigenvalue weighted by Gasteiger charge is -2.29. The minimum atomic E-state index is -0.413. The molecule has 1 aliphatic rings. The number of hydrogen-bond acceptors (Lipinski definition) is 6. The van der Waals surface area contributed by atoms with Crippen LogP contribution in [-0.4, -0.2) is 56.4 Å². The summed E-state index contributed by atoms with van der Waals surface area (Å²) in [5.74, 6) is 0.921. The van der Waals surface area contributed by atoms with E-state index in [1.165, 1.54) is 0 Å². The summed E-state index contributed by atoms with van der Waals surface area (Å²) in [7, 11) is 0. The fourth-order valence-electron chi connectivity index (χ4n) is 3.16. The molecular weight excluding hydrogens is 334 g/mol. The van der Waals surface area contributed by atoms with Crippen molar-refractivity contribution in [2.75, 3.05) is 19.6 Å². The summed E-state index contributed by atoms with van der Waals surface area (Å²) in [6.07, 6.45) is 4.77. The summed E-state index contributed by atoms with van der Waals surface area (Å²) < 4.78 is 5.33. The minimum Gasteiger partial charge on any atom is -0.340 e. The zero-order valence-corrected chi connectivity index (χ0v) is 15.1. The molecule has 0 aromatic carbocycles. The van der Waals surface area contributed by atoms with Gasteiger partial charge in [0.2, 0.25) is 11.8 Å². The van der Waals surface area contributed by atoms with Crippen molar-refractivity contribution in [3.8, 4) is 0 Å². The van der Waals surface area contributed by atoms with E-state index in [1.54, 1.807) is 29.1 Å². The van der Waals surface area contributed by atoms with Crippen molar-refractivity contribution >= 4 is 11.8 Å². The monoisotopic (exact) mass is 357 g/mol. The molecule has 3 heterocycles. The summed E-state index contributed by atoms with van der Waals surface area (Å²) in [6.45, 7) is 5.08. The Bertz CT molecular complexity index is 761. The molecule has 8 nitrogen and oxygen atoms in total. The SMILES string of the molecule is CCC(=O)N1CCCN(C(=O)Cc2cccnc2)CC1c1nc(C)no1. The quantitative estimate of drug-likeness (QED) is 0.824. The van der Waals surface area contributed by atoms with Crippen LogP contribution >= 0.6 is 0 Å². The number of carbonyl (C=O) groups excluding carboxylic acids is 2. The van der Waals surface area contributed by atoms with Crippen LogP contribution in [0.1, 0.15) is 43.1 Å².